The van der Waals surface area contributed by atoms with Crippen molar-refractivity contribution in [2.75, 3.05) is 0 Å². The monoisotopic (exact) mass is 484 g/mol. The lowest BCUT2D eigenvalue weighted by Gasteiger charge is -2.22. The van der Waals surface area contributed by atoms with Crippen LogP contribution in [0.5, 0.6) is 11.5 Å². The summed E-state index contributed by atoms with van der Waals surface area (Å²) in [6, 6.07) is 9.62. The molecule has 6 atom stereocenters. The average molecular weight is 485 g/mol. The largest absolute Gasteiger partial charge is 0.425 e. The van der Waals surface area contributed by atoms with Gasteiger partial charge in [0, 0.05) is 11.1 Å². The highest BCUT2D eigenvalue weighted by atomic mass is 16.5. The highest BCUT2D eigenvalue weighted by Gasteiger charge is 2.57. The van der Waals surface area contributed by atoms with Crippen LogP contribution in [0.2, 0.25) is 0 Å². The molecule has 0 aliphatic heterocycles. The zero-order chi connectivity index (χ0) is 24.6. The topological polar surface area (TPSA) is 86.7 Å². The fourth-order valence-corrected chi connectivity index (χ4v) is 7.37. The van der Waals surface area contributed by atoms with Crippen molar-refractivity contribution < 1.29 is 28.7 Å². The summed E-state index contributed by atoms with van der Waals surface area (Å²) < 4.78 is 11.6. The maximum Gasteiger partial charge on any atom is 0.314 e. The number of esters is 2. The highest BCUT2D eigenvalue weighted by molar-refractivity contribution is 6.30. The molecule has 0 amide bonds. The van der Waals surface area contributed by atoms with E-state index in [1.54, 1.807) is 24.3 Å². The number of benzene rings is 2. The van der Waals surface area contributed by atoms with E-state index in [1.807, 2.05) is 0 Å². The third-order valence-corrected chi connectivity index (χ3v) is 9.28. The molecule has 0 bridgehead atoms. The van der Waals surface area contributed by atoms with Gasteiger partial charge in [-0.1, -0.05) is 49.9 Å². The van der Waals surface area contributed by atoms with Gasteiger partial charge in [0.2, 0.25) is 0 Å². The predicted molar refractivity (Wildman–Crippen MR) is 129 cm³/mol. The van der Waals surface area contributed by atoms with E-state index in [4.69, 9.17) is 9.47 Å². The Bertz CT molecular complexity index is 1200. The molecule has 36 heavy (non-hydrogen) atoms. The second-order valence-electron chi connectivity index (χ2n) is 11.1. The molecule has 4 saturated carbocycles. The van der Waals surface area contributed by atoms with Crippen LogP contribution in [-0.2, 0) is 9.59 Å². The van der Waals surface area contributed by atoms with Gasteiger partial charge < -0.3 is 9.47 Å². The van der Waals surface area contributed by atoms with Crippen molar-refractivity contribution in [3.8, 4) is 11.5 Å². The van der Waals surface area contributed by atoms with Crippen LogP contribution < -0.4 is 9.47 Å². The van der Waals surface area contributed by atoms with Gasteiger partial charge in [-0.3, -0.25) is 19.2 Å². The summed E-state index contributed by atoms with van der Waals surface area (Å²) in [6.45, 7) is 0. The molecule has 0 saturated heterocycles. The minimum Gasteiger partial charge on any atom is -0.425 e. The van der Waals surface area contributed by atoms with E-state index in [0.29, 0.717) is 23.7 Å². The van der Waals surface area contributed by atoms with Crippen molar-refractivity contribution in [3.63, 3.8) is 0 Å². The zero-order valence-electron chi connectivity index (χ0n) is 20.0. The maximum atomic E-state index is 13.6. The average Bonchev–Trinajstić information content (AvgIpc) is 3.80. The molecule has 4 fully saturated rings. The van der Waals surface area contributed by atoms with Crippen molar-refractivity contribution in [1.82, 2.24) is 0 Å². The van der Waals surface area contributed by atoms with Crippen LogP contribution in [0.1, 0.15) is 83.2 Å². The number of fused-ring (bicyclic) bond motifs is 4. The summed E-state index contributed by atoms with van der Waals surface area (Å²) in [5.74, 6) is -0.128. The van der Waals surface area contributed by atoms with Crippen LogP contribution >= 0.6 is 0 Å². The smallest absolute Gasteiger partial charge is 0.314 e. The molecule has 0 N–H and O–H groups in total. The number of rotatable bonds is 4. The molecule has 2 aromatic rings. The van der Waals surface area contributed by atoms with Gasteiger partial charge in [-0.25, -0.2) is 0 Å². The number of hydrogen-bond acceptors (Lipinski definition) is 6. The Morgan fingerprint density at radius 2 is 0.944 bits per heavy atom. The summed E-state index contributed by atoms with van der Waals surface area (Å²) in [5, 5.41) is 0. The number of ether oxygens (including phenoxy) is 2. The first-order valence-electron chi connectivity index (χ1n) is 13.3. The zero-order valence-corrected chi connectivity index (χ0v) is 20.0. The van der Waals surface area contributed by atoms with E-state index in [9.17, 15) is 19.2 Å². The predicted octanol–water partition coefficient (Wildman–Crippen LogP) is 5.15. The van der Waals surface area contributed by atoms with E-state index in [2.05, 4.69) is 0 Å². The maximum absolute atomic E-state index is 13.6. The molecule has 0 heterocycles. The Morgan fingerprint density at radius 1 is 0.583 bits per heavy atom. The lowest BCUT2D eigenvalue weighted by molar-refractivity contribution is -0.137. The van der Waals surface area contributed by atoms with Crippen LogP contribution in [0.15, 0.2) is 36.4 Å². The summed E-state index contributed by atoms with van der Waals surface area (Å²) >= 11 is 0. The Morgan fingerprint density at radius 3 is 1.31 bits per heavy atom. The van der Waals surface area contributed by atoms with Gasteiger partial charge in [0.1, 0.15) is 11.5 Å². The lowest BCUT2D eigenvalue weighted by Crippen LogP contribution is -2.25. The Balaban J connectivity index is 1.23. The van der Waals surface area contributed by atoms with Crippen molar-refractivity contribution >= 4 is 23.5 Å². The molecule has 5 aliphatic rings. The standard InChI is InChI=1S/C30H28O6/c31-27-19-11-5-6-12-20(19)28(32)26-22(36-30(34)24-17-9-3-4-10-18(17)24)14-13-21(25(26)27)35-29(33)23-15-7-1-2-8-16(15)23/h5-6,11-18,23-24H,1-4,7-10H2/t15-,16+,17-,18+,23?,24?. The first kappa shape index (κ1) is 22.0. The van der Waals surface area contributed by atoms with Crippen LogP contribution in [0.25, 0.3) is 0 Å². The number of hydrogen-bond donors (Lipinski definition) is 0. The second-order valence-corrected chi connectivity index (χ2v) is 11.1. The molecular formula is C30H28O6. The Labute approximate surface area is 209 Å². The van der Waals surface area contributed by atoms with Crippen molar-refractivity contribution in [3.05, 3.63) is 58.7 Å². The molecule has 0 aromatic heterocycles. The van der Waals surface area contributed by atoms with E-state index in [1.165, 1.54) is 12.1 Å². The van der Waals surface area contributed by atoms with Gasteiger partial charge in [-0.05, 0) is 61.5 Å². The molecule has 5 aliphatic carbocycles. The third kappa shape index (κ3) is 3.30. The van der Waals surface area contributed by atoms with E-state index in [0.717, 1.165) is 51.4 Å². The van der Waals surface area contributed by atoms with Crippen LogP contribution in [0, 0.1) is 35.5 Å². The van der Waals surface area contributed by atoms with E-state index in [-0.39, 0.29) is 57.5 Å². The minimum absolute atomic E-state index is 0.0224. The SMILES string of the molecule is O=C1c2ccccc2C(=O)c2c(OC(=O)C3[C@H]4CCCC[C@@H]34)ccc(OC(=O)C3[C@H]4CCCC[C@@H]34)c21. The van der Waals surface area contributed by atoms with Crippen LogP contribution in [-0.4, -0.2) is 23.5 Å². The number of ketones is 2. The van der Waals surface area contributed by atoms with Crippen molar-refractivity contribution in [1.29, 1.82) is 0 Å². The second kappa shape index (κ2) is 8.12. The van der Waals surface area contributed by atoms with Gasteiger partial charge in [-0.15, -0.1) is 0 Å². The molecule has 6 heteroatoms. The van der Waals surface area contributed by atoms with Gasteiger partial charge in [0.25, 0.3) is 0 Å². The van der Waals surface area contributed by atoms with Gasteiger partial charge in [0.15, 0.2) is 11.6 Å². The number of carbonyl (C=O) groups is 4. The molecule has 0 radical (unpaired) electrons. The van der Waals surface area contributed by atoms with Crippen LogP contribution in [0.4, 0.5) is 0 Å². The van der Waals surface area contributed by atoms with E-state index >= 15 is 0 Å². The molecular weight excluding hydrogens is 456 g/mol. The third-order valence-electron chi connectivity index (χ3n) is 9.28. The summed E-state index contributed by atoms with van der Waals surface area (Å²) in [5.41, 5.74) is 0.580. The van der Waals surface area contributed by atoms with E-state index < -0.39 is 11.6 Å². The minimum atomic E-state index is -0.394. The summed E-state index contributed by atoms with van der Waals surface area (Å²) in [7, 11) is 0. The van der Waals surface area contributed by atoms with Crippen molar-refractivity contribution in [2.45, 2.75) is 51.4 Å². The summed E-state index contributed by atoms with van der Waals surface area (Å²) in [4.78, 5) is 53.3. The molecule has 2 aromatic carbocycles. The first-order valence-corrected chi connectivity index (χ1v) is 13.3. The molecule has 6 nitrogen and oxygen atoms in total. The number of carbonyl (C=O) groups excluding carboxylic acids is 4. The van der Waals surface area contributed by atoms with Gasteiger partial charge in [0.05, 0.1) is 23.0 Å². The fourth-order valence-electron chi connectivity index (χ4n) is 7.37. The quantitative estimate of drug-likeness (QED) is 0.376. The first-order chi connectivity index (χ1) is 17.5. The fraction of sp³-hybridized carbons (Fsp3) is 0.467. The van der Waals surface area contributed by atoms with Gasteiger partial charge in [-0.2, -0.15) is 0 Å². The van der Waals surface area contributed by atoms with Gasteiger partial charge >= 0.3 is 11.9 Å². The molecule has 2 unspecified atom stereocenters. The molecule has 184 valence electrons. The van der Waals surface area contributed by atoms with Crippen molar-refractivity contribution in [2.24, 2.45) is 35.5 Å². The molecule has 7 rings (SSSR count). The molecule has 0 spiro atoms. The summed E-state index contributed by atoms with van der Waals surface area (Å²) in [6.07, 6.45) is 8.66. The van der Waals surface area contributed by atoms with Crippen LogP contribution in [0.3, 0.4) is 0 Å². The lowest BCUT2D eigenvalue weighted by atomic mass is 9.83. The normalized spacial score (nSPS) is 31.3. The Hall–Kier alpha value is -3.28. The Kier molecular flexibility index (Phi) is 4.95. The highest BCUT2D eigenvalue weighted by Crippen LogP contribution is 2.57.